The lowest BCUT2D eigenvalue weighted by Gasteiger charge is -2.30. The number of carbonyl (C=O) groups excluding carboxylic acids is 1. The fourth-order valence-electron chi connectivity index (χ4n) is 5.00. The van der Waals surface area contributed by atoms with Gasteiger partial charge in [-0.05, 0) is 60.6 Å². The van der Waals surface area contributed by atoms with Crippen molar-refractivity contribution in [3.8, 4) is 0 Å². The first-order chi connectivity index (χ1) is 17.3. The minimum absolute atomic E-state index is 0.276. The summed E-state index contributed by atoms with van der Waals surface area (Å²) in [5, 5.41) is 0. The van der Waals surface area contributed by atoms with Gasteiger partial charge < -0.3 is 9.80 Å². The van der Waals surface area contributed by atoms with Crippen LogP contribution in [0.3, 0.4) is 0 Å². The van der Waals surface area contributed by atoms with E-state index in [1.54, 1.807) is 0 Å². The molecule has 0 N–H and O–H groups in total. The fraction of sp³-hybridized carbons (Fsp3) is 0.419. The number of benzene rings is 2. The zero-order chi connectivity index (χ0) is 24.1. The summed E-state index contributed by atoms with van der Waals surface area (Å²) in [6, 6.07) is 23.5. The van der Waals surface area contributed by atoms with Gasteiger partial charge in [0.2, 0.25) is 5.91 Å². The van der Waals surface area contributed by atoms with Crippen LogP contribution < -0.4 is 4.90 Å². The van der Waals surface area contributed by atoms with E-state index in [9.17, 15) is 4.79 Å². The van der Waals surface area contributed by atoms with Crippen molar-refractivity contribution in [2.75, 3.05) is 18.0 Å². The fourth-order valence-corrected chi connectivity index (χ4v) is 5.00. The van der Waals surface area contributed by atoms with Gasteiger partial charge in [-0.3, -0.25) is 9.78 Å². The van der Waals surface area contributed by atoms with E-state index in [2.05, 4.69) is 69.4 Å². The van der Waals surface area contributed by atoms with Crippen molar-refractivity contribution < 1.29 is 4.79 Å². The van der Waals surface area contributed by atoms with Crippen LogP contribution in [0.2, 0.25) is 0 Å². The van der Waals surface area contributed by atoms with Crippen molar-refractivity contribution in [3.05, 3.63) is 95.8 Å². The highest BCUT2D eigenvalue weighted by atomic mass is 16.2. The number of nitrogens with zero attached hydrogens (tertiary/aromatic N) is 3. The molecule has 0 saturated heterocycles. The molecular formula is C31H39N3O. The molecule has 1 aliphatic heterocycles. The van der Waals surface area contributed by atoms with Gasteiger partial charge in [0.05, 0.1) is 0 Å². The summed E-state index contributed by atoms with van der Waals surface area (Å²) in [5.74, 6) is 0.276. The van der Waals surface area contributed by atoms with Gasteiger partial charge in [0, 0.05) is 50.7 Å². The van der Waals surface area contributed by atoms with Crippen LogP contribution in [-0.4, -0.2) is 28.9 Å². The summed E-state index contributed by atoms with van der Waals surface area (Å²) in [7, 11) is 0. The largest absolute Gasteiger partial charge is 0.367 e. The van der Waals surface area contributed by atoms with Gasteiger partial charge in [-0.1, -0.05) is 74.2 Å². The lowest BCUT2D eigenvalue weighted by atomic mass is 10.1. The molecule has 0 unspecified atom stereocenters. The molecule has 4 heteroatoms. The van der Waals surface area contributed by atoms with Gasteiger partial charge in [-0.15, -0.1) is 0 Å². The molecule has 1 aromatic heterocycles. The average Bonchev–Trinajstić information content (AvgIpc) is 2.91. The summed E-state index contributed by atoms with van der Waals surface area (Å²) < 4.78 is 0. The Morgan fingerprint density at radius 2 is 1.43 bits per heavy atom. The van der Waals surface area contributed by atoms with Crippen LogP contribution in [0.25, 0.3) is 0 Å². The van der Waals surface area contributed by atoms with E-state index in [1.165, 1.54) is 54.5 Å². The van der Waals surface area contributed by atoms with Crippen LogP contribution in [0.15, 0.2) is 79.1 Å². The molecule has 0 aliphatic carbocycles. The number of amides is 1. The van der Waals surface area contributed by atoms with Crippen LogP contribution in [0.5, 0.6) is 0 Å². The van der Waals surface area contributed by atoms with Crippen molar-refractivity contribution >= 4 is 11.6 Å². The molecule has 0 spiro atoms. The summed E-state index contributed by atoms with van der Waals surface area (Å²) in [5.41, 5.74) is 5.10. The lowest BCUT2D eigenvalue weighted by molar-refractivity contribution is -0.132. The molecule has 1 amide bonds. The maximum absolute atomic E-state index is 13.4. The lowest BCUT2D eigenvalue weighted by Crippen LogP contribution is -2.33. The van der Waals surface area contributed by atoms with Crippen molar-refractivity contribution in [3.63, 3.8) is 0 Å². The zero-order valence-corrected chi connectivity index (χ0v) is 20.9. The Labute approximate surface area is 211 Å². The number of rotatable bonds is 6. The molecule has 35 heavy (non-hydrogen) atoms. The molecule has 184 valence electrons. The molecule has 4 rings (SSSR count). The monoisotopic (exact) mass is 469 g/mol. The van der Waals surface area contributed by atoms with E-state index in [-0.39, 0.29) is 5.91 Å². The van der Waals surface area contributed by atoms with Crippen molar-refractivity contribution in [1.29, 1.82) is 0 Å². The molecule has 0 bridgehead atoms. The smallest absolute Gasteiger partial charge is 0.222 e. The number of carbonyl (C=O) groups is 1. The van der Waals surface area contributed by atoms with Crippen LogP contribution >= 0.6 is 0 Å². The summed E-state index contributed by atoms with van der Waals surface area (Å²) in [4.78, 5) is 22.1. The highest BCUT2D eigenvalue weighted by Gasteiger charge is 2.18. The molecule has 0 fully saturated rings. The van der Waals surface area contributed by atoms with Gasteiger partial charge in [0.15, 0.2) is 0 Å². The quantitative estimate of drug-likeness (QED) is 0.399. The minimum Gasteiger partial charge on any atom is -0.367 e. The molecular weight excluding hydrogens is 430 g/mol. The summed E-state index contributed by atoms with van der Waals surface area (Å²) in [6.07, 6.45) is 13.4. The van der Waals surface area contributed by atoms with Gasteiger partial charge in [0.1, 0.15) is 0 Å². The maximum Gasteiger partial charge on any atom is 0.222 e. The topological polar surface area (TPSA) is 36.4 Å². The van der Waals surface area contributed by atoms with E-state index < -0.39 is 0 Å². The maximum atomic E-state index is 13.4. The third-order valence-electron chi connectivity index (χ3n) is 6.97. The molecule has 3 aromatic rings. The number of fused-ring (bicyclic) bond motifs is 1. The first-order valence-corrected chi connectivity index (χ1v) is 13.3. The highest BCUT2D eigenvalue weighted by Crippen LogP contribution is 2.26. The molecule has 1 aliphatic rings. The molecule has 2 aromatic carbocycles. The Kier molecular flexibility index (Phi) is 9.75. The van der Waals surface area contributed by atoms with E-state index in [1.807, 2.05) is 24.5 Å². The van der Waals surface area contributed by atoms with Crippen LogP contribution in [0.4, 0.5) is 5.69 Å². The first-order valence-electron chi connectivity index (χ1n) is 13.3. The number of aryl methyl sites for hydroxylation is 1. The summed E-state index contributed by atoms with van der Waals surface area (Å²) >= 11 is 0. The Hall–Kier alpha value is -3.14. The number of aromatic nitrogens is 1. The number of anilines is 1. The molecule has 0 atom stereocenters. The van der Waals surface area contributed by atoms with Crippen molar-refractivity contribution in [1.82, 2.24) is 9.88 Å². The number of hydrogen-bond acceptors (Lipinski definition) is 3. The van der Waals surface area contributed by atoms with Gasteiger partial charge in [-0.2, -0.15) is 0 Å². The average molecular weight is 470 g/mol. The third-order valence-corrected chi connectivity index (χ3v) is 6.97. The Morgan fingerprint density at radius 1 is 0.743 bits per heavy atom. The highest BCUT2D eigenvalue weighted by molar-refractivity contribution is 5.76. The van der Waals surface area contributed by atoms with Crippen LogP contribution in [0.1, 0.15) is 68.1 Å². The molecule has 0 saturated carbocycles. The Balaban J connectivity index is 1.50. The minimum atomic E-state index is 0.276. The molecule has 4 nitrogen and oxygen atoms in total. The SMILES string of the molecule is O=C(CCCc1ccncc1)N1CCCCCCCCN(Cc2ccccc2)c2ccccc2C1. The third kappa shape index (κ3) is 7.95. The van der Waals surface area contributed by atoms with Gasteiger partial charge in [0.25, 0.3) is 0 Å². The second-order valence-corrected chi connectivity index (χ2v) is 9.68. The summed E-state index contributed by atoms with van der Waals surface area (Å²) in [6.45, 7) is 3.49. The number of para-hydroxylation sites is 1. The zero-order valence-electron chi connectivity index (χ0n) is 20.9. The molecule has 2 heterocycles. The van der Waals surface area contributed by atoms with Crippen molar-refractivity contribution in [2.45, 2.75) is 70.9 Å². The van der Waals surface area contributed by atoms with E-state index in [0.717, 1.165) is 38.9 Å². The number of pyridine rings is 1. The predicted octanol–water partition coefficient (Wildman–Crippen LogP) is 6.79. The van der Waals surface area contributed by atoms with E-state index in [0.29, 0.717) is 13.0 Å². The second-order valence-electron chi connectivity index (χ2n) is 9.68. The molecule has 0 radical (unpaired) electrons. The van der Waals surface area contributed by atoms with Crippen molar-refractivity contribution in [2.24, 2.45) is 0 Å². The Bertz CT molecular complexity index is 1020. The Morgan fingerprint density at radius 3 is 2.23 bits per heavy atom. The standard InChI is InChI=1S/C31H39N3O/c35-31(18-12-15-27-19-21-32-22-20-27)34-24-11-4-2-1-3-10-23-33(25-28-13-6-5-7-14-28)30-17-9-8-16-29(30)26-34/h5-9,13-14,16-17,19-22H,1-4,10-12,15,18,23-26H2. The van der Waals surface area contributed by atoms with Gasteiger partial charge >= 0.3 is 0 Å². The first kappa shape index (κ1) is 25.0. The second kappa shape index (κ2) is 13.7. The predicted molar refractivity (Wildman–Crippen MR) is 144 cm³/mol. The van der Waals surface area contributed by atoms with Crippen LogP contribution in [-0.2, 0) is 24.3 Å². The number of hydrogen-bond donors (Lipinski definition) is 0. The normalized spacial score (nSPS) is 15.4. The van der Waals surface area contributed by atoms with E-state index >= 15 is 0 Å². The van der Waals surface area contributed by atoms with E-state index in [4.69, 9.17) is 0 Å². The van der Waals surface area contributed by atoms with Crippen LogP contribution in [0, 0.1) is 0 Å². The van der Waals surface area contributed by atoms with Gasteiger partial charge in [-0.25, -0.2) is 0 Å².